The summed E-state index contributed by atoms with van der Waals surface area (Å²) < 4.78 is 33.8. The summed E-state index contributed by atoms with van der Waals surface area (Å²) in [6.45, 7) is 7.20. The molecule has 0 aromatic heterocycles. The molecule has 4 N–H and O–H groups in total. The Morgan fingerprint density at radius 2 is 1.46 bits per heavy atom. The van der Waals surface area contributed by atoms with Crippen LogP contribution < -0.4 is 10.5 Å². The lowest BCUT2D eigenvalue weighted by atomic mass is 9.79. The minimum atomic E-state index is -3.83. The van der Waals surface area contributed by atoms with Gasteiger partial charge in [-0.15, -0.1) is 0 Å². The lowest BCUT2D eigenvalue weighted by Gasteiger charge is -2.38. The van der Waals surface area contributed by atoms with Crippen molar-refractivity contribution in [2.45, 2.75) is 38.5 Å². The minimum absolute atomic E-state index is 0.0251. The van der Waals surface area contributed by atoms with E-state index in [0.717, 1.165) is 0 Å². The molecule has 10 nitrogen and oxygen atoms in total. The van der Waals surface area contributed by atoms with Crippen molar-refractivity contribution in [1.29, 1.82) is 0 Å². The van der Waals surface area contributed by atoms with E-state index in [1.807, 2.05) is 0 Å². The molecule has 11 heteroatoms. The van der Waals surface area contributed by atoms with E-state index in [-0.39, 0.29) is 41.7 Å². The lowest BCUT2D eigenvalue weighted by Crippen LogP contribution is -2.37. The zero-order chi connectivity index (χ0) is 27.3. The van der Waals surface area contributed by atoms with Crippen molar-refractivity contribution in [1.82, 2.24) is 4.90 Å². The Labute approximate surface area is 216 Å². The van der Waals surface area contributed by atoms with E-state index >= 15 is 0 Å². The number of esters is 2. The molecule has 1 heterocycles. The van der Waals surface area contributed by atoms with Gasteiger partial charge in [0.25, 0.3) is 0 Å². The number of ether oxygens (including phenoxy) is 2. The average Bonchev–Trinajstić information content (AvgIpc) is 2.84. The number of phenols is 1. The number of carbonyl (C=O) groups is 2. The van der Waals surface area contributed by atoms with Crippen molar-refractivity contribution in [2.75, 3.05) is 25.2 Å². The highest BCUT2D eigenvalue weighted by atomic mass is 32.2. The number of para-hydroxylation sites is 1. The molecule has 0 bridgehead atoms. The third kappa shape index (κ3) is 5.95. The number of hydrogen-bond acceptors (Lipinski definition) is 9. The Hall–Kier alpha value is -3.83. The number of nitrogens with two attached hydrogens (primary N) is 1. The number of primary sulfonamides is 1. The van der Waals surface area contributed by atoms with Gasteiger partial charge in [0.05, 0.1) is 41.8 Å². The first-order valence-corrected chi connectivity index (χ1v) is 13.2. The van der Waals surface area contributed by atoms with Crippen LogP contribution >= 0.6 is 0 Å². The molecule has 0 amide bonds. The molecule has 37 heavy (non-hydrogen) atoms. The number of benzene rings is 2. The van der Waals surface area contributed by atoms with Crippen molar-refractivity contribution in [2.24, 2.45) is 5.14 Å². The van der Waals surface area contributed by atoms with Gasteiger partial charge in [-0.2, -0.15) is 0 Å². The number of anilines is 1. The lowest BCUT2D eigenvalue weighted by molar-refractivity contribution is -0.139. The fourth-order valence-corrected chi connectivity index (χ4v) is 4.78. The van der Waals surface area contributed by atoms with Crippen LogP contribution in [0.3, 0.4) is 0 Å². The van der Waals surface area contributed by atoms with Gasteiger partial charge in [-0.1, -0.05) is 18.2 Å². The fraction of sp³-hybridized carbons (Fsp3) is 0.308. The standard InChI is InChI=1S/C26H31N3O7S/c1-5-35-25(31)22-16(3)29(15-28-18-11-13-19(14-12-18)37(27,33)34)17(4)23(26(32)36-6-2)24(22)20-9-7-8-10-21(20)30/h7-14,24,28,30H,5-6,15H2,1-4H3,(H2,27,33,34). The Kier molecular flexibility index (Phi) is 8.61. The molecular weight excluding hydrogens is 498 g/mol. The normalized spacial score (nSPS) is 14.6. The van der Waals surface area contributed by atoms with Crippen molar-refractivity contribution in [3.8, 4) is 5.75 Å². The van der Waals surface area contributed by atoms with E-state index in [9.17, 15) is 23.1 Å². The Bertz CT molecular complexity index is 1310. The van der Waals surface area contributed by atoms with Crippen molar-refractivity contribution in [3.05, 3.63) is 76.6 Å². The molecular formula is C26H31N3O7S. The quantitative estimate of drug-likeness (QED) is 0.416. The third-order valence-electron chi connectivity index (χ3n) is 6.03. The topological polar surface area (TPSA) is 148 Å². The molecule has 198 valence electrons. The summed E-state index contributed by atoms with van der Waals surface area (Å²) in [6.07, 6.45) is 0. The number of allylic oxidation sites excluding steroid dienone is 2. The second-order valence-corrected chi connectivity index (χ2v) is 9.82. The monoisotopic (exact) mass is 529 g/mol. The molecule has 3 rings (SSSR count). The number of phenolic OH excluding ortho intramolecular Hbond substituents is 1. The van der Waals surface area contributed by atoms with Crippen LogP contribution in [0.25, 0.3) is 0 Å². The van der Waals surface area contributed by atoms with Gasteiger partial charge in [0, 0.05) is 22.6 Å². The summed E-state index contributed by atoms with van der Waals surface area (Å²) in [5, 5.41) is 19.0. The third-order valence-corrected chi connectivity index (χ3v) is 6.96. The van der Waals surface area contributed by atoms with Gasteiger partial charge >= 0.3 is 11.9 Å². The molecule has 2 aromatic carbocycles. The molecule has 0 aliphatic carbocycles. The highest BCUT2D eigenvalue weighted by molar-refractivity contribution is 7.89. The largest absolute Gasteiger partial charge is 0.508 e. The predicted molar refractivity (Wildman–Crippen MR) is 138 cm³/mol. The van der Waals surface area contributed by atoms with E-state index in [0.29, 0.717) is 22.6 Å². The first kappa shape index (κ1) is 27.8. The number of hydrogen-bond donors (Lipinski definition) is 3. The van der Waals surface area contributed by atoms with Crippen molar-refractivity contribution in [3.63, 3.8) is 0 Å². The summed E-state index contributed by atoms with van der Waals surface area (Å²) in [4.78, 5) is 28.2. The smallest absolute Gasteiger partial charge is 0.336 e. The number of nitrogens with zero attached hydrogens (tertiary/aromatic N) is 1. The van der Waals surface area contributed by atoms with Crippen LogP contribution in [0.1, 0.15) is 39.2 Å². The number of aromatic hydroxyl groups is 1. The van der Waals surface area contributed by atoms with Crippen molar-refractivity contribution >= 4 is 27.6 Å². The summed E-state index contributed by atoms with van der Waals surface area (Å²) >= 11 is 0. The van der Waals surface area contributed by atoms with E-state index < -0.39 is 27.9 Å². The SMILES string of the molecule is CCOC(=O)C1=C(C)N(CNc2ccc(S(N)(=O)=O)cc2)C(C)=C(C(=O)OCC)C1c1ccccc1O. The molecule has 0 atom stereocenters. The Balaban J connectivity index is 2.11. The zero-order valence-corrected chi connectivity index (χ0v) is 22.0. The fourth-order valence-electron chi connectivity index (χ4n) is 4.27. The van der Waals surface area contributed by atoms with Gasteiger partial charge in [0.2, 0.25) is 10.0 Å². The van der Waals surface area contributed by atoms with Crippen LogP contribution in [0.5, 0.6) is 5.75 Å². The van der Waals surface area contributed by atoms with Crippen molar-refractivity contribution < 1.29 is 32.6 Å². The summed E-state index contributed by atoms with van der Waals surface area (Å²) in [5.74, 6) is -2.22. The minimum Gasteiger partial charge on any atom is -0.508 e. The molecule has 0 saturated carbocycles. The number of rotatable bonds is 9. The van der Waals surface area contributed by atoms with E-state index in [4.69, 9.17) is 14.6 Å². The molecule has 0 unspecified atom stereocenters. The van der Waals surface area contributed by atoms with E-state index in [1.54, 1.807) is 62.9 Å². The maximum Gasteiger partial charge on any atom is 0.336 e. The maximum absolute atomic E-state index is 13.2. The molecule has 1 aliphatic heterocycles. The van der Waals surface area contributed by atoms with Crippen LogP contribution in [0.4, 0.5) is 5.69 Å². The second kappa shape index (κ2) is 11.5. The maximum atomic E-state index is 13.2. The molecule has 0 saturated heterocycles. The number of nitrogens with one attached hydrogen (secondary N) is 1. The van der Waals surface area contributed by atoms with Gasteiger partial charge in [-0.25, -0.2) is 23.1 Å². The van der Waals surface area contributed by atoms with E-state index in [2.05, 4.69) is 5.32 Å². The summed E-state index contributed by atoms with van der Waals surface area (Å²) in [7, 11) is -3.83. The van der Waals surface area contributed by atoms with Gasteiger partial charge in [0.1, 0.15) is 5.75 Å². The number of carbonyl (C=O) groups excluding carboxylic acids is 2. The van der Waals surface area contributed by atoms with Gasteiger partial charge < -0.3 is 24.8 Å². The van der Waals surface area contributed by atoms with E-state index in [1.165, 1.54) is 18.2 Å². The molecule has 1 aliphatic rings. The highest BCUT2D eigenvalue weighted by Crippen LogP contribution is 2.45. The Morgan fingerprint density at radius 3 is 1.92 bits per heavy atom. The second-order valence-electron chi connectivity index (χ2n) is 8.26. The predicted octanol–water partition coefficient (Wildman–Crippen LogP) is 3.18. The molecule has 0 radical (unpaired) electrons. The van der Waals surface area contributed by atoms with Gasteiger partial charge in [-0.3, -0.25) is 0 Å². The van der Waals surface area contributed by atoms with Crippen LogP contribution in [-0.4, -0.2) is 50.2 Å². The van der Waals surface area contributed by atoms with Crippen LogP contribution in [0, 0.1) is 0 Å². The summed E-state index contributed by atoms with van der Waals surface area (Å²) in [6, 6.07) is 12.4. The highest BCUT2D eigenvalue weighted by Gasteiger charge is 2.41. The van der Waals surface area contributed by atoms with Gasteiger partial charge in [-0.05, 0) is 58.0 Å². The van der Waals surface area contributed by atoms with Crippen LogP contribution in [0.15, 0.2) is 76.0 Å². The average molecular weight is 530 g/mol. The first-order valence-electron chi connectivity index (χ1n) is 11.7. The first-order chi connectivity index (χ1) is 17.5. The number of sulfonamides is 1. The molecule has 0 fully saturated rings. The zero-order valence-electron chi connectivity index (χ0n) is 21.1. The molecule has 2 aromatic rings. The molecule has 0 spiro atoms. The van der Waals surface area contributed by atoms with Crippen LogP contribution in [0.2, 0.25) is 0 Å². The Morgan fingerprint density at radius 1 is 0.946 bits per heavy atom. The summed E-state index contributed by atoms with van der Waals surface area (Å²) in [5.41, 5.74) is 2.40. The van der Waals surface area contributed by atoms with Gasteiger partial charge in [0.15, 0.2) is 0 Å². The van der Waals surface area contributed by atoms with Crippen LogP contribution in [-0.2, 0) is 29.1 Å².